The van der Waals surface area contributed by atoms with Crippen molar-refractivity contribution in [1.82, 2.24) is 9.55 Å². The van der Waals surface area contributed by atoms with Crippen LogP contribution in [-0.2, 0) is 24.0 Å². The van der Waals surface area contributed by atoms with E-state index in [9.17, 15) is 14.0 Å². The molecule has 2 aromatic carbocycles. The molecule has 1 aliphatic heterocycles. The minimum atomic E-state index is -0.325. The molecule has 1 atom stereocenters. The molecule has 7 heteroatoms. The summed E-state index contributed by atoms with van der Waals surface area (Å²) in [6.07, 6.45) is 1.15. The highest BCUT2D eigenvalue weighted by Gasteiger charge is 2.32. The van der Waals surface area contributed by atoms with Crippen molar-refractivity contribution in [3.63, 3.8) is 0 Å². The SMILES string of the molecule is CCc1ccc(C2CC(=O)Nc3c2c(=O)nc(SCc2ccc(F)cc2)n3C)cc1. The Hall–Kier alpha value is -2.93. The molecule has 0 bridgehead atoms. The van der Waals surface area contributed by atoms with E-state index < -0.39 is 0 Å². The number of nitrogens with one attached hydrogen (secondary N) is 1. The van der Waals surface area contributed by atoms with E-state index in [2.05, 4.69) is 17.2 Å². The fourth-order valence-corrected chi connectivity index (χ4v) is 4.58. The molecule has 1 aromatic heterocycles. The summed E-state index contributed by atoms with van der Waals surface area (Å²) >= 11 is 1.37. The van der Waals surface area contributed by atoms with Crippen LogP contribution in [0.4, 0.5) is 10.2 Å². The Morgan fingerprint density at radius 2 is 1.77 bits per heavy atom. The second-order valence-corrected chi connectivity index (χ2v) is 8.28. The molecule has 0 fully saturated rings. The Morgan fingerprint density at radius 1 is 1.10 bits per heavy atom. The Kier molecular flexibility index (Phi) is 5.72. The first-order valence-corrected chi connectivity index (χ1v) is 10.8. The number of thioether (sulfide) groups is 1. The van der Waals surface area contributed by atoms with E-state index >= 15 is 0 Å². The van der Waals surface area contributed by atoms with Gasteiger partial charge in [0.05, 0.1) is 5.56 Å². The van der Waals surface area contributed by atoms with E-state index in [-0.39, 0.29) is 29.6 Å². The number of carbonyl (C=O) groups is 1. The summed E-state index contributed by atoms with van der Waals surface area (Å²) in [7, 11) is 1.79. The van der Waals surface area contributed by atoms with Crippen molar-refractivity contribution in [3.05, 3.63) is 87.0 Å². The monoisotopic (exact) mass is 423 g/mol. The molecule has 0 radical (unpaired) electrons. The van der Waals surface area contributed by atoms with Crippen LogP contribution in [0, 0.1) is 5.82 Å². The number of aromatic nitrogens is 2. The van der Waals surface area contributed by atoms with E-state index in [0.29, 0.717) is 22.3 Å². The number of fused-ring (bicyclic) bond motifs is 1. The zero-order chi connectivity index (χ0) is 21.3. The Bertz CT molecular complexity index is 1140. The third-order valence-electron chi connectivity index (χ3n) is 5.37. The molecule has 0 saturated heterocycles. The molecule has 5 nitrogen and oxygen atoms in total. The molecule has 4 rings (SSSR count). The van der Waals surface area contributed by atoms with Crippen molar-refractivity contribution in [1.29, 1.82) is 0 Å². The fourth-order valence-electron chi connectivity index (χ4n) is 3.66. The Morgan fingerprint density at radius 3 is 2.43 bits per heavy atom. The maximum absolute atomic E-state index is 13.1. The Labute approximate surface area is 178 Å². The zero-order valence-electron chi connectivity index (χ0n) is 16.8. The first kappa shape index (κ1) is 20.3. The van der Waals surface area contributed by atoms with Crippen LogP contribution in [0.2, 0.25) is 0 Å². The topological polar surface area (TPSA) is 64.0 Å². The Balaban J connectivity index is 1.68. The van der Waals surface area contributed by atoms with Gasteiger partial charge < -0.3 is 9.88 Å². The van der Waals surface area contributed by atoms with Crippen LogP contribution >= 0.6 is 11.8 Å². The maximum Gasteiger partial charge on any atom is 0.279 e. The molecule has 1 N–H and O–H groups in total. The van der Waals surface area contributed by atoms with Gasteiger partial charge in [0, 0.05) is 25.1 Å². The van der Waals surface area contributed by atoms with Crippen molar-refractivity contribution in [2.75, 3.05) is 5.32 Å². The van der Waals surface area contributed by atoms with E-state index in [1.54, 1.807) is 23.7 Å². The first-order chi connectivity index (χ1) is 14.5. The van der Waals surface area contributed by atoms with E-state index in [1.807, 2.05) is 24.3 Å². The van der Waals surface area contributed by atoms with Crippen LogP contribution in [0.15, 0.2) is 58.5 Å². The van der Waals surface area contributed by atoms with Crippen LogP contribution in [0.25, 0.3) is 0 Å². The predicted molar refractivity (Wildman–Crippen MR) is 116 cm³/mol. The van der Waals surface area contributed by atoms with Crippen molar-refractivity contribution < 1.29 is 9.18 Å². The van der Waals surface area contributed by atoms with Crippen molar-refractivity contribution in [3.8, 4) is 0 Å². The average Bonchev–Trinajstić information content (AvgIpc) is 2.75. The minimum Gasteiger partial charge on any atom is -0.312 e. The van der Waals surface area contributed by atoms with Crippen LogP contribution in [0.1, 0.15) is 41.5 Å². The second-order valence-electron chi connectivity index (χ2n) is 7.34. The third kappa shape index (κ3) is 4.03. The van der Waals surface area contributed by atoms with Gasteiger partial charge in [-0.1, -0.05) is 55.1 Å². The lowest BCUT2D eigenvalue weighted by Crippen LogP contribution is -2.33. The largest absolute Gasteiger partial charge is 0.312 e. The van der Waals surface area contributed by atoms with Gasteiger partial charge >= 0.3 is 0 Å². The molecule has 1 aliphatic rings. The minimum absolute atomic E-state index is 0.122. The first-order valence-electron chi connectivity index (χ1n) is 9.83. The molecule has 2 heterocycles. The summed E-state index contributed by atoms with van der Waals surface area (Å²) in [5.74, 6) is 0.306. The number of anilines is 1. The number of benzene rings is 2. The lowest BCUT2D eigenvalue weighted by molar-refractivity contribution is -0.116. The summed E-state index contributed by atoms with van der Waals surface area (Å²) < 4.78 is 14.9. The normalized spacial score (nSPS) is 15.6. The smallest absolute Gasteiger partial charge is 0.279 e. The summed E-state index contributed by atoms with van der Waals surface area (Å²) in [6.45, 7) is 2.09. The van der Waals surface area contributed by atoms with Crippen LogP contribution in [0.3, 0.4) is 0 Å². The third-order valence-corrected chi connectivity index (χ3v) is 6.47. The molecule has 0 aliphatic carbocycles. The molecule has 1 amide bonds. The predicted octanol–water partition coefficient (Wildman–Crippen LogP) is 4.25. The number of nitrogens with zero attached hydrogens (tertiary/aromatic N) is 2. The van der Waals surface area contributed by atoms with Gasteiger partial charge in [0.2, 0.25) is 5.91 Å². The summed E-state index contributed by atoms with van der Waals surface area (Å²) in [5, 5.41) is 3.36. The van der Waals surface area contributed by atoms with Gasteiger partial charge in [-0.25, -0.2) is 4.39 Å². The quantitative estimate of drug-likeness (QED) is 0.492. The maximum atomic E-state index is 13.1. The molecular weight excluding hydrogens is 401 g/mol. The highest BCUT2D eigenvalue weighted by molar-refractivity contribution is 7.98. The molecule has 154 valence electrons. The number of amides is 1. The average molecular weight is 424 g/mol. The van der Waals surface area contributed by atoms with Gasteiger partial charge in [-0.15, -0.1) is 0 Å². The number of halogens is 1. The van der Waals surface area contributed by atoms with Gasteiger partial charge in [0.1, 0.15) is 11.6 Å². The molecule has 30 heavy (non-hydrogen) atoms. The molecule has 3 aromatic rings. The van der Waals surface area contributed by atoms with Crippen molar-refractivity contribution in [2.45, 2.75) is 36.6 Å². The lowest BCUT2D eigenvalue weighted by atomic mass is 9.86. The molecule has 0 saturated carbocycles. The highest BCUT2D eigenvalue weighted by Crippen LogP contribution is 2.36. The van der Waals surface area contributed by atoms with Gasteiger partial charge in [0.25, 0.3) is 5.56 Å². The van der Waals surface area contributed by atoms with E-state index in [4.69, 9.17) is 0 Å². The lowest BCUT2D eigenvalue weighted by Gasteiger charge is -2.27. The summed E-state index contributed by atoms with van der Waals surface area (Å²) in [5.41, 5.74) is 3.26. The van der Waals surface area contributed by atoms with Crippen molar-refractivity contribution >= 4 is 23.5 Å². The molecular formula is C23H22FN3O2S. The van der Waals surface area contributed by atoms with Crippen LogP contribution in [0.5, 0.6) is 0 Å². The molecule has 0 spiro atoms. The fraction of sp³-hybridized carbons (Fsp3) is 0.261. The van der Waals surface area contributed by atoms with Gasteiger partial charge in [-0.05, 0) is 35.2 Å². The van der Waals surface area contributed by atoms with Gasteiger partial charge in [0.15, 0.2) is 5.16 Å². The number of hydrogen-bond donors (Lipinski definition) is 1. The number of hydrogen-bond acceptors (Lipinski definition) is 4. The van der Waals surface area contributed by atoms with Crippen molar-refractivity contribution in [2.24, 2.45) is 7.05 Å². The van der Waals surface area contributed by atoms with E-state index in [0.717, 1.165) is 17.5 Å². The summed E-state index contributed by atoms with van der Waals surface area (Å²) in [6, 6.07) is 14.3. The number of aryl methyl sites for hydroxylation is 1. The highest BCUT2D eigenvalue weighted by atomic mass is 32.2. The standard InChI is InChI=1S/C23H22FN3O2S/c1-3-14-4-8-16(9-5-14)18-12-19(28)25-21-20(18)22(29)26-23(27(21)2)30-13-15-6-10-17(24)11-7-15/h4-11,18H,3,12-13H2,1-2H3,(H,25,28). The number of rotatable bonds is 5. The van der Waals surface area contributed by atoms with Crippen LogP contribution in [-0.4, -0.2) is 15.5 Å². The van der Waals surface area contributed by atoms with Gasteiger partial charge in [-0.2, -0.15) is 4.98 Å². The summed E-state index contributed by atoms with van der Waals surface area (Å²) in [4.78, 5) is 29.7. The van der Waals surface area contributed by atoms with Gasteiger partial charge in [-0.3, -0.25) is 9.59 Å². The zero-order valence-corrected chi connectivity index (χ0v) is 17.6. The van der Waals surface area contributed by atoms with E-state index in [1.165, 1.54) is 29.5 Å². The number of carbonyl (C=O) groups excluding carboxylic acids is 1. The molecule has 1 unspecified atom stereocenters. The van der Waals surface area contributed by atoms with Crippen LogP contribution < -0.4 is 10.9 Å². The second kappa shape index (κ2) is 8.44.